The van der Waals surface area contributed by atoms with E-state index in [1.54, 1.807) is 26.0 Å². The molecule has 4 aromatic rings. The number of hydrogen-bond donors (Lipinski definition) is 8. The third-order valence-electron chi connectivity index (χ3n) is 9.64. The van der Waals surface area contributed by atoms with Crippen LogP contribution < -0.4 is 32.7 Å². The maximum absolute atomic E-state index is 13.4. The minimum Gasteiger partial charge on any atom is -0.384 e. The predicted octanol–water partition coefficient (Wildman–Crippen LogP) is 9.87. The molecule has 1 aliphatic rings. The SMILES string of the molecule is CC(C)C(=O)NCCc1ccc(Cl)cc1.CC(C)C(=O)Nc1cc(F)c(C(=N)N)c(F)c1.CC1=Cc2cc(NC(=O)C(C)C)ccc2C1.CCc1cc(C(=N)N)ccc1NC(=O)C(C)C. The molecule has 12 nitrogen and oxygen atoms in total. The quantitative estimate of drug-likeness (QED) is 0.0482. The topological polar surface area (TPSA) is 216 Å². The van der Waals surface area contributed by atoms with Gasteiger partial charge in [-0.3, -0.25) is 30.0 Å². The number of amidine groups is 2. The van der Waals surface area contributed by atoms with Gasteiger partial charge in [-0.1, -0.05) is 104 Å². The number of carbonyl (C=O) groups is 4. The highest BCUT2D eigenvalue weighted by atomic mass is 35.5. The van der Waals surface area contributed by atoms with Gasteiger partial charge in [-0.2, -0.15) is 0 Å². The van der Waals surface area contributed by atoms with E-state index in [2.05, 4.69) is 40.3 Å². The summed E-state index contributed by atoms with van der Waals surface area (Å²) in [7, 11) is 0. The number of carbonyl (C=O) groups excluding carboxylic acids is 4. The van der Waals surface area contributed by atoms with Gasteiger partial charge in [0.25, 0.3) is 0 Å². The molecule has 350 valence electrons. The molecule has 4 aromatic carbocycles. The van der Waals surface area contributed by atoms with Crippen LogP contribution in [0.25, 0.3) is 6.08 Å². The first-order valence-corrected chi connectivity index (χ1v) is 21.9. The number of aryl methyl sites for hydroxylation is 1. The molecule has 0 aromatic heterocycles. The number of allylic oxidation sites excluding steroid dienone is 1. The van der Waals surface area contributed by atoms with Crippen molar-refractivity contribution in [2.75, 3.05) is 22.5 Å². The summed E-state index contributed by atoms with van der Waals surface area (Å²) in [6, 6.07) is 21.1. The molecule has 0 atom stereocenters. The van der Waals surface area contributed by atoms with Crippen molar-refractivity contribution in [2.45, 2.75) is 88.5 Å². The summed E-state index contributed by atoms with van der Waals surface area (Å²) in [5, 5.41) is 26.2. The number of rotatable bonds is 13. The van der Waals surface area contributed by atoms with E-state index < -0.39 is 23.0 Å². The molecule has 0 heterocycles. The molecule has 0 unspecified atom stereocenters. The Labute approximate surface area is 387 Å². The zero-order valence-electron chi connectivity index (χ0n) is 39.1. The van der Waals surface area contributed by atoms with E-state index in [0.717, 1.165) is 53.4 Å². The maximum Gasteiger partial charge on any atom is 0.226 e. The van der Waals surface area contributed by atoms with E-state index in [4.69, 9.17) is 33.9 Å². The van der Waals surface area contributed by atoms with Gasteiger partial charge in [0, 0.05) is 57.9 Å². The van der Waals surface area contributed by atoms with Gasteiger partial charge >= 0.3 is 0 Å². The van der Waals surface area contributed by atoms with E-state index in [-0.39, 0.29) is 58.8 Å². The van der Waals surface area contributed by atoms with Crippen LogP contribution in [0.1, 0.15) is 103 Å². The number of halogens is 3. The molecule has 15 heteroatoms. The van der Waals surface area contributed by atoms with Gasteiger partial charge in [-0.25, -0.2) is 8.78 Å². The van der Waals surface area contributed by atoms with Crippen molar-refractivity contribution in [3.05, 3.63) is 128 Å². The summed E-state index contributed by atoms with van der Waals surface area (Å²) in [5.41, 5.74) is 18.4. The van der Waals surface area contributed by atoms with E-state index in [9.17, 15) is 28.0 Å². The zero-order chi connectivity index (χ0) is 49.1. The molecule has 65 heavy (non-hydrogen) atoms. The average Bonchev–Trinajstić information content (AvgIpc) is 3.60. The van der Waals surface area contributed by atoms with E-state index in [1.807, 2.05) is 90.9 Å². The first-order chi connectivity index (χ1) is 30.4. The van der Waals surface area contributed by atoms with Crippen molar-refractivity contribution in [3.8, 4) is 0 Å². The predicted molar refractivity (Wildman–Crippen MR) is 261 cm³/mol. The number of anilines is 3. The molecule has 5 rings (SSSR count). The third kappa shape index (κ3) is 18.7. The zero-order valence-corrected chi connectivity index (χ0v) is 39.8. The van der Waals surface area contributed by atoms with E-state index in [0.29, 0.717) is 12.1 Å². The number of nitrogen functional groups attached to an aromatic ring is 2. The normalized spacial score (nSPS) is 11.2. The van der Waals surface area contributed by atoms with Gasteiger partial charge < -0.3 is 32.7 Å². The lowest BCUT2D eigenvalue weighted by molar-refractivity contribution is -0.124. The lowest BCUT2D eigenvalue weighted by atomic mass is 10.0. The molecule has 1 aliphatic carbocycles. The van der Waals surface area contributed by atoms with Crippen LogP contribution in [0, 0.1) is 46.1 Å². The molecule has 0 spiro atoms. The summed E-state index contributed by atoms with van der Waals surface area (Å²) >= 11 is 5.77. The van der Waals surface area contributed by atoms with E-state index in [1.165, 1.54) is 22.3 Å². The Morgan fingerprint density at radius 2 is 1.20 bits per heavy atom. The molecule has 0 fully saturated rings. The average molecular weight is 916 g/mol. The van der Waals surface area contributed by atoms with Crippen LogP contribution in [0.2, 0.25) is 5.02 Å². The summed E-state index contributed by atoms with van der Waals surface area (Å²) in [4.78, 5) is 45.8. The second-order valence-electron chi connectivity index (χ2n) is 16.7. The Kier molecular flexibility index (Phi) is 22.2. The number of benzene rings is 4. The Hall–Kier alpha value is -6.41. The molecule has 0 bridgehead atoms. The molecule has 10 N–H and O–H groups in total. The van der Waals surface area contributed by atoms with Crippen LogP contribution in [0.15, 0.2) is 78.4 Å². The molecule has 0 saturated heterocycles. The van der Waals surface area contributed by atoms with Crippen molar-refractivity contribution >= 4 is 70.0 Å². The first-order valence-electron chi connectivity index (χ1n) is 21.5. The largest absolute Gasteiger partial charge is 0.384 e. The fourth-order valence-electron chi connectivity index (χ4n) is 5.70. The minimum absolute atomic E-state index is 0.00343. The van der Waals surface area contributed by atoms with Gasteiger partial charge in [0.2, 0.25) is 23.6 Å². The molecule has 0 radical (unpaired) electrons. The van der Waals surface area contributed by atoms with Crippen LogP contribution in [-0.2, 0) is 38.4 Å². The summed E-state index contributed by atoms with van der Waals surface area (Å²) in [6.07, 6.45) is 4.85. The maximum atomic E-state index is 13.4. The van der Waals surface area contributed by atoms with Gasteiger partial charge in [0.1, 0.15) is 23.3 Å². The number of nitrogens with one attached hydrogen (secondary N) is 6. The monoisotopic (exact) mass is 914 g/mol. The van der Waals surface area contributed by atoms with Crippen molar-refractivity contribution in [3.63, 3.8) is 0 Å². The van der Waals surface area contributed by atoms with Crippen molar-refractivity contribution in [2.24, 2.45) is 35.1 Å². The van der Waals surface area contributed by atoms with Gasteiger partial charge in [-0.05, 0) is 103 Å². The number of nitrogens with two attached hydrogens (primary N) is 2. The lowest BCUT2D eigenvalue weighted by Gasteiger charge is -2.13. The summed E-state index contributed by atoms with van der Waals surface area (Å²) in [6.45, 7) is 19.4. The molecular weight excluding hydrogens is 850 g/mol. The first kappa shape index (κ1) is 54.7. The van der Waals surface area contributed by atoms with Crippen molar-refractivity contribution in [1.82, 2.24) is 5.32 Å². The van der Waals surface area contributed by atoms with Crippen molar-refractivity contribution < 1.29 is 28.0 Å². The number of hydrogen-bond acceptors (Lipinski definition) is 6. The molecule has 0 saturated carbocycles. The summed E-state index contributed by atoms with van der Waals surface area (Å²) in [5.74, 6) is -3.06. The second-order valence-corrected chi connectivity index (χ2v) is 17.1. The van der Waals surface area contributed by atoms with Gasteiger partial charge in [-0.15, -0.1) is 0 Å². The third-order valence-corrected chi connectivity index (χ3v) is 9.89. The Morgan fingerprint density at radius 1 is 0.677 bits per heavy atom. The van der Waals surface area contributed by atoms with Crippen LogP contribution in [0.3, 0.4) is 0 Å². The Balaban J connectivity index is 0.000000298. The van der Waals surface area contributed by atoms with Crippen LogP contribution in [0.4, 0.5) is 25.8 Å². The van der Waals surface area contributed by atoms with Crippen LogP contribution >= 0.6 is 11.6 Å². The van der Waals surface area contributed by atoms with Crippen molar-refractivity contribution in [1.29, 1.82) is 10.8 Å². The fraction of sp³-hybridized carbons (Fsp3) is 0.360. The smallest absolute Gasteiger partial charge is 0.226 e. The fourth-order valence-corrected chi connectivity index (χ4v) is 5.82. The lowest BCUT2D eigenvalue weighted by Crippen LogP contribution is -2.29. The number of fused-ring (bicyclic) bond motifs is 1. The molecule has 4 amide bonds. The second kappa shape index (κ2) is 26.4. The Bertz CT molecular complexity index is 2320. The Morgan fingerprint density at radius 3 is 1.69 bits per heavy atom. The summed E-state index contributed by atoms with van der Waals surface area (Å²) < 4.78 is 26.8. The highest BCUT2D eigenvalue weighted by molar-refractivity contribution is 6.30. The van der Waals surface area contributed by atoms with E-state index >= 15 is 0 Å². The number of amides is 4. The van der Waals surface area contributed by atoms with Gasteiger partial charge in [0.15, 0.2) is 0 Å². The standard InChI is InChI=1S/C14H17NO.C13H19N3O.C12H16ClNO.C11H13F2N3O/c1-9(2)14(16)15-13-5-4-11-6-10(3)7-12(11)8-13;1-4-9-7-10(12(14)15)5-6-11(9)16-13(17)8(2)3;1-9(2)12(15)14-8-7-10-3-5-11(13)6-4-10;1-5(2)11(17)16-6-3-7(12)9(10(14)15)8(13)4-6/h4-5,7-9H,6H2,1-3H3,(H,15,16);5-8H,4H2,1-3H3,(H3,14,15)(H,16,17);3-6,9H,7-8H2,1-2H3,(H,14,15);3-5H,1-2H3,(H3,14,15)(H,16,17). The minimum atomic E-state index is -0.975. The van der Waals surface area contributed by atoms with Gasteiger partial charge in [0.05, 0.1) is 5.56 Å². The van der Waals surface area contributed by atoms with Crippen LogP contribution in [-0.4, -0.2) is 41.8 Å². The highest BCUT2D eigenvalue weighted by Gasteiger charge is 2.16. The van der Waals surface area contributed by atoms with Crippen LogP contribution in [0.5, 0.6) is 0 Å². The highest BCUT2D eigenvalue weighted by Crippen LogP contribution is 2.27. The molecular formula is C50H65ClF2N8O4. The molecule has 0 aliphatic heterocycles.